The summed E-state index contributed by atoms with van der Waals surface area (Å²) in [5, 5.41) is 11.4. The van der Waals surface area contributed by atoms with Crippen molar-refractivity contribution in [2.75, 3.05) is 0 Å². The lowest BCUT2D eigenvalue weighted by atomic mass is 10.3. The largest absolute Gasteiger partial charge is 0.476 e. The van der Waals surface area contributed by atoms with E-state index in [0.29, 0.717) is 5.69 Å². The van der Waals surface area contributed by atoms with Crippen molar-refractivity contribution in [3.63, 3.8) is 0 Å². The van der Waals surface area contributed by atoms with Gasteiger partial charge in [-0.3, -0.25) is 9.89 Å². The van der Waals surface area contributed by atoms with Gasteiger partial charge < -0.3 is 5.11 Å². The highest BCUT2D eigenvalue weighted by atomic mass is 79.9. The van der Waals surface area contributed by atoms with Crippen molar-refractivity contribution in [2.45, 2.75) is 0 Å². The smallest absolute Gasteiger partial charge is 0.355 e. The van der Waals surface area contributed by atoms with Crippen LogP contribution in [0.2, 0.25) is 0 Å². The van der Waals surface area contributed by atoms with Gasteiger partial charge in [0.05, 0.1) is 5.69 Å². The zero-order valence-electron chi connectivity index (χ0n) is 7.98. The number of aromatic amines is 1. The summed E-state index contributed by atoms with van der Waals surface area (Å²) in [6, 6.07) is 8.74. The highest BCUT2D eigenvalue weighted by Crippen LogP contribution is 2.12. The van der Waals surface area contributed by atoms with Crippen molar-refractivity contribution in [1.82, 2.24) is 9.78 Å². The summed E-state index contributed by atoms with van der Waals surface area (Å²) in [5.74, 6) is -1.18. The number of hydrogen-bond donors (Lipinski definition) is 2. The summed E-state index contributed by atoms with van der Waals surface area (Å²) in [6.07, 6.45) is 0. The third kappa shape index (κ3) is 1.67. The first-order valence-electron chi connectivity index (χ1n) is 4.40. The van der Waals surface area contributed by atoms with Crippen LogP contribution in [0.3, 0.4) is 0 Å². The van der Waals surface area contributed by atoms with Crippen LogP contribution in [0.15, 0.2) is 39.6 Å². The molecule has 0 saturated carbocycles. The minimum Gasteiger partial charge on any atom is -0.476 e. The molecule has 1 aromatic carbocycles. The summed E-state index contributed by atoms with van der Waals surface area (Å²) in [6.45, 7) is 0. The molecule has 0 bridgehead atoms. The molecule has 0 spiro atoms. The van der Waals surface area contributed by atoms with Crippen LogP contribution in [0, 0.1) is 0 Å². The minimum atomic E-state index is -1.18. The van der Waals surface area contributed by atoms with Gasteiger partial charge in [0.25, 0.3) is 5.56 Å². The number of carbonyl (C=O) groups is 1. The van der Waals surface area contributed by atoms with Gasteiger partial charge in [0.2, 0.25) is 0 Å². The number of halogens is 1. The predicted octanol–water partition coefficient (Wildman–Crippen LogP) is 1.63. The van der Waals surface area contributed by atoms with Gasteiger partial charge in [-0.1, -0.05) is 18.2 Å². The van der Waals surface area contributed by atoms with Crippen LogP contribution in [0.25, 0.3) is 5.69 Å². The number of aromatic carboxylic acids is 1. The van der Waals surface area contributed by atoms with Crippen LogP contribution in [-0.2, 0) is 0 Å². The van der Waals surface area contributed by atoms with Crippen molar-refractivity contribution in [3.05, 3.63) is 50.9 Å². The quantitative estimate of drug-likeness (QED) is 0.879. The molecule has 82 valence electrons. The van der Waals surface area contributed by atoms with E-state index >= 15 is 0 Å². The average Bonchev–Trinajstić information content (AvgIpc) is 2.58. The molecule has 0 saturated heterocycles. The van der Waals surface area contributed by atoms with E-state index in [1.165, 1.54) is 4.68 Å². The maximum atomic E-state index is 11.7. The Morgan fingerprint density at radius 1 is 1.31 bits per heavy atom. The van der Waals surface area contributed by atoms with E-state index in [4.69, 9.17) is 5.11 Å². The topological polar surface area (TPSA) is 75.1 Å². The number of benzene rings is 1. The molecule has 1 heterocycles. The standard InChI is InChI=1S/C10H7BrN2O3/c11-7-8(10(15)16)12-13(9(7)14)6-4-2-1-3-5-6/h1-5,12H,(H,15,16). The van der Waals surface area contributed by atoms with Gasteiger partial charge in [0, 0.05) is 0 Å². The van der Waals surface area contributed by atoms with Crippen LogP contribution in [0.1, 0.15) is 10.5 Å². The van der Waals surface area contributed by atoms with Gasteiger partial charge in [0.15, 0.2) is 5.69 Å². The Morgan fingerprint density at radius 3 is 2.44 bits per heavy atom. The molecule has 0 aliphatic carbocycles. The Bertz CT molecular complexity index is 586. The lowest BCUT2D eigenvalue weighted by Gasteiger charge is -1.99. The molecule has 6 heteroatoms. The summed E-state index contributed by atoms with van der Waals surface area (Å²) in [5.41, 5.74) is -0.00171. The lowest BCUT2D eigenvalue weighted by molar-refractivity contribution is 0.0689. The zero-order chi connectivity index (χ0) is 11.7. The summed E-state index contributed by atoms with van der Waals surface area (Å²) < 4.78 is 1.19. The number of carboxylic acids is 1. The van der Waals surface area contributed by atoms with Crippen LogP contribution in [-0.4, -0.2) is 20.9 Å². The molecule has 0 aliphatic heterocycles. The second-order valence-electron chi connectivity index (χ2n) is 3.08. The van der Waals surface area contributed by atoms with E-state index < -0.39 is 11.5 Å². The Labute approximate surface area is 98.4 Å². The zero-order valence-corrected chi connectivity index (χ0v) is 9.56. The van der Waals surface area contributed by atoms with Gasteiger partial charge in [-0.25, -0.2) is 9.48 Å². The summed E-state index contributed by atoms with van der Waals surface area (Å²) in [7, 11) is 0. The van der Waals surface area contributed by atoms with E-state index in [1.807, 2.05) is 6.07 Å². The molecule has 0 fully saturated rings. The molecule has 2 rings (SSSR count). The molecule has 0 atom stereocenters. The number of H-pyrrole nitrogens is 1. The Morgan fingerprint density at radius 2 is 1.94 bits per heavy atom. The Kier molecular flexibility index (Phi) is 2.66. The highest BCUT2D eigenvalue weighted by molar-refractivity contribution is 9.10. The molecule has 1 aromatic heterocycles. The Balaban J connectivity index is 2.65. The number of nitrogens with one attached hydrogen (secondary N) is 1. The monoisotopic (exact) mass is 282 g/mol. The van der Waals surface area contributed by atoms with Crippen molar-refractivity contribution in [3.8, 4) is 5.69 Å². The molecular formula is C10H7BrN2O3. The maximum absolute atomic E-state index is 11.7. The normalized spacial score (nSPS) is 10.3. The first-order valence-corrected chi connectivity index (χ1v) is 5.20. The molecule has 16 heavy (non-hydrogen) atoms. The number of hydrogen-bond acceptors (Lipinski definition) is 2. The first-order chi connectivity index (χ1) is 7.61. The molecule has 0 amide bonds. The van der Waals surface area contributed by atoms with E-state index in [9.17, 15) is 9.59 Å². The molecule has 2 aromatic rings. The van der Waals surface area contributed by atoms with Gasteiger partial charge >= 0.3 is 5.97 Å². The second kappa shape index (κ2) is 3.97. The van der Waals surface area contributed by atoms with Gasteiger partial charge in [-0.05, 0) is 28.1 Å². The molecule has 2 N–H and O–H groups in total. The third-order valence-electron chi connectivity index (χ3n) is 2.06. The van der Waals surface area contributed by atoms with E-state index in [-0.39, 0.29) is 10.2 Å². The van der Waals surface area contributed by atoms with Gasteiger partial charge in [0.1, 0.15) is 4.47 Å². The first kappa shape index (κ1) is 10.7. The minimum absolute atomic E-state index is 0.0175. The van der Waals surface area contributed by atoms with E-state index in [2.05, 4.69) is 21.0 Å². The molecule has 0 unspecified atom stereocenters. The Hall–Kier alpha value is -1.82. The third-order valence-corrected chi connectivity index (χ3v) is 2.80. The summed E-state index contributed by atoms with van der Waals surface area (Å²) in [4.78, 5) is 22.5. The predicted molar refractivity (Wildman–Crippen MR) is 61.0 cm³/mol. The van der Waals surface area contributed by atoms with Crippen LogP contribution < -0.4 is 5.56 Å². The van der Waals surface area contributed by atoms with Crippen LogP contribution >= 0.6 is 15.9 Å². The molecule has 0 aliphatic rings. The number of nitrogens with zero attached hydrogens (tertiary/aromatic N) is 1. The van der Waals surface area contributed by atoms with Crippen molar-refractivity contribution < 1.29 is 9.90 Å². The van der Waals surface area contributed by atoms with Crippen molar-refractivity contribution in [1.29, 1.82) is 0 Å². The van der Waals surface area contributed by atoms with Crippen molar-refractivity contribution >= 4 is 21.9 Å². The SMILES string of the molecule is O=C(O)c1[nH]n(-c2ccccc2)c(=O)c1Br. The summed E-state index contributed by atoms with van der Waals surface area (Å²) >= 11 is 2.95. The molecule has 5 nitrogen and oxygen atoms in total. The fourth-order valence-corrected chi connectivity index (χ4v) is 1.75. The molecular weight excluding hydrogens is 276 g/mol. The van der Waals surface area contributed by atoms with Crippen molar-refractivity contribution in [2.24, 2.45) is 0 Å². The maximum Gasteiger partial charge on any atom is 0.355 e. The highest BCUT2D eigenvalue weighted by Gasteiger charge is 2.17. The van der Waals surface area contributed by atoms with E-state index in [1.54, 1.807) is 24.3 Å². The fourth-order valence-electron chi connectivity index (χ4n) is 1.32. The fraction of sp³-hybridized carbons (Fsp3) is 0. The van der Waals surface area contributed by atoms with Gasteiger partial charge in [-0.15, -0.1) is 0 Å². The van der Waals surface area contributed by atoms with Crippen LogP contribution in [0.5, 0.6) is 0 Å². The number of aromatic nitrogens is 2. The second-order valence-corrected chi connectivity index (χ2v) is 3.88. The van der Waals surface area contributed by atoms with Crippen LogP contribution in [0.4, 0.5) is 0 Å². The van der Waals surface area contributed by atoms with E-state index in [0.717, 1.165) is 0 Å². The number of para-hydroxylation sites is 1. The average molecular weight is 283 g/mol. The number of rotatable bonds is 2. The molecule has 0 radical (unpaired) electrons. The lowest BCUT2D eigenvalue weighted by Crippen LogP contribution is -2.14. The number of carboxylic acid groups (broad SMARTS) is 1. The van der Waals surface area contributed by atoms with Gasteiger partial charge in [-0.2, -0.15) is 0 Å².